The minimum Gasteiger partial charge on any atom is -0.359 e. The first-order valence-electron chi connectivity index (χ1n) is 4.58. The van der Waals surface area contributed by atoms with E-state index < -0.39 is 15.3 Å². The average Bonchev–Trinajstić information content (AvgIpc) is 2.18. The van der Waals surface area contributed by atoms with Crippen molar-refractivity contribution in [2.75, 3.05) is 25.1 Å². The summed E-state index contributed by atoms with van der Waals surface area (Å²) in [6.45, 7) is 0.211. The van der Waals surface area contributed by atoms with Crippen LogP contribution in [0, 0.1) is 5.41 Å². The highest BCUT2D eigenvalue weighted by Crippen LogP contribution is 2.31. The van der Waals surface area contributed by atoms with Crippen molar-refractivity contribution in [3.8, 4) is 0 Å². The Morgan fingerprint density at radius 3 is 2.29 bits per heavy atom. The molecular weight excluding hydrogens is 204 g/mol. The SMILES string of the molecule is CNC(=O)C1(CN)CCS(=O)(=O)CC1. The van der Waals surface area contributed by atoms with Crippen LogP contribution in [0.5, 0.6) is 0 Å². The lowest BCUT2D eigenvalue weighted by atomic mass is 9.81. The molecule has 0 radical (unpaired) electrons. The van der Waals surface area contributed by atoms with Gasteiger partial charge in [0.2, 0.25) is 5.91 Å². The Kier molecular flexibility index (Phi) is 3.16. The zero-order chi connectivity index (χ0) is 10.8. The molecule has 82 valence electrons. The largest absolute Gasteiger partial charge is 0.359 e. The number of amides is 1. The van der Waals surface area contributed by atoms with Gasteiger partial charge in [-0.2, -0.15) is 0 Å². The van der Waals surface area contributed by atoms with Crippen LogP contribution in [0.1, 0.15) is 12.8 Å². The molecule has 3 N–H and O–H groups in total. The molecule has 0 atom stereocenters. The predicted octanol–water partition coefficient (Wildman–Crippen LogP) is -1.11. The molecule has 1 saturated heterocycles. The normalized spacial score (nSPS) is 24.1. The van der Waals surface area contributed by atoms with Gasteiger partial charge in [-0.3, -0.25) is 4.79 Å². The summed E-state index contributed by atoms with van der Waals surface area (Å²) in [5.74, 6) is -0.00944. The molecule has 0 saturated carbocycles. The van der Waals surface area contributed by atoms with Crippen molar-refractivity contribution in [2.24, 2.45) is 11.1 Å². The topological polar surface area (TPSA) is 89.3 Å². The summed E-state index contributed by atoms with van der Waals surface area (Å²) >= 11 is 0. The maximum Gasteiger partial charge on any atom is 0.227 e. The molecule has 0 bridgehead atoms. The van der Waals surface area contributed by atoms with Crippen molar-refractivity contribution in [3.63, 3.8) is 0 Å². The van der Waals surface area contributed by atoms with Crippen molar-refractivity contribution >= 4 is 15.7 Å². The molecule has 1 amide bonds. The maximum absolute atomic E-state index is 11.5. The fourth-order valence-corrected chi connectivity index (χ4v) is 3.33. The van der Waals surface area contributed by atoms with E-state index >= 15 is 0 Å². The van der Waals surface area contributed by atoms with Crippen LogP contribution in [0.2, 0.25) is 0 Å². The molecule has 1 aliphatic heterocycles. The minimum absolute atomic E-state index is 0.0671. The number of nitrogens with one attached hydrogen (secondary N) is 1. The zero-order valence-electron chi connectivity index (χ0n) is 8.25. The summed E-state index contributed by atoms with van der Waals surface area (Å²) < 4.78 is 22.4. The van der Waals surface area contributed by atoms with Gasteiger partial charge < -0.3 is 11.1 Å². The molecule has 0 spiro atoms. The van der Waals surface area contributed by atoms with Crippen molar-refractivity contribution in [1.29, 1.82) is 0 Å². The number of nitrogens with two attached hydrogens (primary N) is 1. The van der Waals surface area contributed by atoms with Crippen LogP contribution in [0.3, 0.4) is 0 Å². The third kappa shape index (κ3) is 2.06. The van der Waals surface area contributed by atoms with Crippen molar-refractivity contribution < 1.29 is 13.2 Å². The van der Waals surface area contributed by atoms with Gasteiger partial charge in [-0.1, -0.05) is 0 Å². The summed E-state index contributed by atoms with van der Waals surface area (Å²) in [5.41, 5.74) is 4.88. The van der Waals surface area contributed by atoms with Gasteiger partial charge in [0.15, 0.2) is 0 Å². The summed E-state index contributed by atoms with van der Waals surface area (Å²) in [6.07, 6.45) is 0.678. The number of rotatable bonds is 2. The second-order valence-electron chi connectivity index (χ2n) is 3.72. The van der Waals surface area contributed by atoms with Crippen LogP contribution < -0.4 is 11.1 Å². The third-order valence-electron chi connectivity index (χ3n) is 2.88. The monoisotopic (exact) mass is 220 g/mol. The minimum atomic E-state index is -2.94. The lowest BCUT2D eigenvalue weighted by molar-refractivity contribution is -0.130. The maximum atomic E-state index is 11.5. The van der Waals surface area contributed by atoms with E-state index in [0.29, 0.717) is 12.8 Å². The number of sulfone groups is 1. The molecule has 1 heterocycles. The van der Waals surface area contributed by atoms with E-state index in [-0.39, 0.29) is 24.0 Å². The molecule has 0 unspecified atom stereocenters. The number of carbonyl (C=O) groups excluding carboxylic acids is 1. The van der Waals surface area contributed by atoms with Gasteiger partial charge in [0.05, 0.1) is 16.9 Å². The Bertz CT molecular complexity index is 309. The van der Waals surface area contributed by atoms with Gasteiger partial charge in [-0.05, 0) is 12.8 Å². The summed E-state index contributed by atoms with van der Waals surface area (Å²) in [7, 11) is -1.40. The summed E-state index contributed by atoms with van der Waals surface area (Å²) in [5, 5.41) is 2.54. The van der Waals surface area contributed by atoms with Crippen molar-refractivity contribution in [2.45, 2.75) is 12.8 Å². The Hall–Kier alpha value is -0.620. The average molecular weight is 220 g/mol. The fourth-order valence-electron chi connectivity index (χ4n) is 1.72. The van der Waals surface area contributed by atoms with Gasteiger partial charge >= 0.3 is 0 Å². The molecule has 1 aliphatic rings. The second-order valence-corrected chi connectivity index (χ2v) is 6.02. The van der Waals surface area contributed by atoms with Crippen LogP contribution in [-0.4, -0.2) is 39.4 Å². The molecule has 5 nitrogen and oxygen atoms in total. The van der Waals surface area contributed by atoms with Gasteiger partial charge in [0, 0.05) is 13.6 Å². The lowest BCUT2D eigenvalue weighted by Gasteiger charge is -2.33. The lowest BCUT2D eigenvalue weighted by Crippen LogP contribution is -2.49. The first-order chi connectivity index (χ1) is 6.46. The highest BCUT2D eigenvalue weighted by Gasteiger charge is 2.41. The first kappa shape index (κ1) is 11.5. The highest BCUT2D eigenvalue weighted by atomic mass is 32.2. The van der Waals surface area contributed by atoms with E-state index in [4.69, 9.17) is 5.73 Å². The predicted molar refractivity (Wildman–Crippen MR) is 53.4 cm³/mol. The molecule has 0 aromatic rings. The second kappa shape index (κ2) is 3.86. The van der Waals surface area contributed by atoms with E-state index in [1.807, 2.05) is 0 Å². The molecule has 1 rings (SSSR count). The number of carbonyl (C=O) groups is 1. The van der Waals surface area contributed by atoms with Gasteiger partial charge in [0.25, 0.3) is 0 Å². The van der Waals surface area contributed by atoms with Gasteiger partial charge in [-0.25, -0.2) is 8.42 Å². The Balaban J connectivity index is 2.81. The third-order valence-corrected chi connectivity index (χ3v) is 4.53. The smallest absolute Gasteiger partial charge is 0.227 e. The molecule has 0 aliphatic carbocycles. The molecular formula is C8H16N2O3S. The van der Waals surface area contributed by atoms with E-state index in [1.165, 1.54) is 0 Å². The van der Waals surface area contributed by atoms with Crippen LogP contribution in [0.15, 0.2) is 0 Å². The van der Waals surface area contributed by atoms with E-state index in [9.17, 15) is 13.2 Å². The molecule has 1 fully saturated rings. The Morgan fingerprint density at radius 1 is 1.43 bits per heavy atom. The van der Waals surface area contributed by atoms with E-state index in [1.54, 1.807) is 7.05 Å². The Morgan fingerprint density at radius 2 is 1.93 bits per heavy atom. The molecule has 6 heteroatoms. The zero-order valence-corrected chi connectivity index (χ0v) is 9.06. The van der Waals surface area contributed by atoms with E-state index in [0.717, 1.165) is 0 Å². The fraction of sp³-hybridized carbons (Fsp3) is 0.875. The highest BCUT2D eigenvalue weighted by molar-refractivity contribution is 7.91. The summed E-state index contributed by atoms with van der Waals surface area (Å²) in [6, 6.07) is 0. The van der Waals surface area contributed by atoms with Crippen LogP contribution in [0.4, 0.5) is 0 Å². The van der Waals surface area contributed by atoms with E-state index in [2.05, 4.69) is 5.32 Å². The molecule has 0 aromatic heterocycles. The van der Waals surface area contributed by atoms with Gasteiger partial charge in [-0.15, -0.1) is 0 Å². The quantitative estimate of drug-likeness (QED) is 0.617. The van der Waals surface area contributed by atoms with Crippen LogP contribution in [-0.2, 0) is 14.6 Å². The standard InChI is InChI=1S/C8H16N2O3S/c1-10-7(11)8(6-9)2-4-14(12,13)5-3-8/h2-6,9H2,1H3,(H,10,11). The number of hydrogen-bond acceptors (Lipinski definition) is 4. The van der Waals surface area contributed by atoms with Crippen molar-refractivity contribution in [1.82, 2.24) is 5.32 Å². The molecule has 0 aromatic carbocycles. The van der Waals surface area contributed by atoms with Gasteiger partial charge in [0.1, 0.15) is 9.84 Å². The first-order valence-corrected chi connectivity index (χ1v) is 6.41. The Labute approximate surface area is 84.0 Å². The molecule has 14 heavy (non-hydrogen) atoms. The van der Waals surface area contributed by atoms with Crippen molar-refractivity contribution in [3.05, 3.63) is 0 Å². The summed E-state index contributed by atoms with van der Waals surface area (Å²) in [4.78, 5) is 11.5. The van der Waals surface area contributed by atoms with Crippen LogP contribution >= 0.6 is 0 Å². The number of hydrogen-bond donors (Lipinski definition) is 2. The van der Waals surface area contributed by atoms with Crippen LogP contribution in [0.25, 0.3) is 0 Å².